The molecule has 2 aliphatic heterocycles. The Bertz CT molecular complexity index is 1390. The van der Waals surface area contributed by atoms with E-state index in [0.717, 1.165) is 40.3 Å². The molecule has 7 nitrogen and oxygen atoms in total. The number of hydrogen-bond acceptors (Lipinski definition) is 4. The molecule has 4 heterocycles. The average Bonchev–Trinajstić information content (AvgIpc) is 3.46. The highest BCUT2D eigenvalue weighted by molar-refractivity contribution is 5.99. The first kappa shape index (κ1) is 22.2. The highest BCUT2D eigenvalue weighted by atomic mass is 19.1. The zero-order chi connectivity index (χ0) is 24.2. The van der Waals surface area contributed by atoms with Crippen LogP contribution in [0.4, 0.5) is 4.39 Å². The predicted octanol–water partition coefficient (Wildman–Crippen LogP) is 5.28. The summed E-state index contributed by atoms with van der Waals surface area (Å²) >= 11 is 0. The van der Waals surface area contributed by atoms with E-state index in [0.29, 0.717) is 32.7 Å². The molecule has 2 atom stereocenters. The number of H-pyrrole nitrogens is 1. The monoisotopic (exact) mass is 477 g/mol. The predicted molar refractivity (Wildman–Crippen MR) is 130 cm³/mol. The number of aromatic amines is 1. The first-order valence-corrected chi connectivity index (χ1v) is 12.2. The molecular formula is C27H28FN3O4. The number of carboxylic acids is 1. The molecule has 35 heavy (non-hydrogen) atoms. The summed E-state index contributed by atoms with van der Waals surface area (Å²) in [5.41, 5.74) is 4.11. The smallest absolute Gasteiger partial charge is 0.335 e. The lowest BCUT2D eigenvalue weighted by Crippen LogP contribution is -2.43. The van der Waals surface area contributed by atoms with Crippen molar-refractivity contribution in [1.82, 2.24) is 14.8 Å². The lowest BCUT2D eigenvalue weighted by atomic mass is 9.82. The van der Waals surface area contributed by atoms with Gasteiger partial charge in [-0.25, -0.2) is 9.18 Å². The minimum absolute atomic E-state index is 0.0461. The number of nitrogens with zero attached hydrogens (tertiary/aromatic N) is 2. The molecule has 0 spiro atoms. The Labute approximate surface area is 201 Å². The molecule has 0 bridgehead atoms. The highest BCUT2D eigenvalue weighted by Crippen LogP contribution is 2.46. The van der Waals surface area contributed by atoms with Crippen LogP contribution in [0.2, 0.25) is 0 Å². The maximum atomic E-state index is 13.9. The van der Waals surface area contributed by atoms with Crippen LogP contribution in [-0.2, 0) is 14.3 Å². The number of aromatic nitrogens is 3. The van der Waals surface area contributed by atoms with Gasteiger partial charge in [0.05, 0.1) is 23.8 Å². The molecule has 2 aromatic carbocycles. The maximum absolute atomic E-state index is 13.9. The van der Waals surface area contributed by atoms with Gasteiger partial charge in [-0.05, 0) is 74.6 Å². The van der Waals surface area contributed by atoms with Crippen molar-refractivity contribution in [3.05, 3.63) is 59.7 Å². The van der Waals surface area contributed by atoms with Crippen LogP contribution in [0.3, 0.4) is 0 Å². The molecule has 0 radical (unpaired) electrons. The van der Waals surface area contributed by atoms with Gasteiger partial charge >= 0.3 is 5.97 Å². The Balaban J connectivity index is 1.60. The number of rotatable bonds is 4. The van der Waals surface area contributed by atoms with Gasteiger partial charge in [-0.3, -0.25) is 5.10 Å². The Morgan fingerprint density at radius 3 is 2.63 bits per heavy atom. The van der Waals surface area contributed by atoms with Crippen molar-refractivity contribution in [3.8, 4) is 5.69 Å². The second kappa shape index (κ2) is 8.46. The largest absolute Gasteiger partial charge is 0.479 e. The molecule has 0 aliphatic carbocycles. The number of carbonyl (C=O) groups is 1. The van der Waals surface area contributed by atoms with Crippen molar-refractivity contribution in [2.45, 2.75) is 50.0 Å². The van der Waals surface area contributed by atoms with E-state index in [-0.39, 0.29) is 17.7 Å². The molecule has 0 amide bonds. The maximum Gasteiger partial charge on any atom is 0.335 e. The van der Waals surface area contributed by atoms with Crippen molar-refractivity contribution in [2.75, 3.05) is 19.8 Å². The number of hydrogen-bond donors (Lipinski definition) is 2. The van der Waals surface area contributed by atoms with Crippen LogP contribution in [0.25, 0.3) is 27.5 Å². The van der Waals surface area contributed by atoms with Crippen LogP contribution in [0, 0.1) is 5.82 Å². The van der Waals surface area contributed by atoms with Crippen LogP contribution >= 0.6 is 0 Å². The zero-order valence-electron chi connectivity index (χ0n) is 19.6. The normalized spacial score (nSPS) is 23.8. The third-order valence-electron chi connectivity index (χ3n) is 7.73. The highest BCUT2D eigenvalue weighted by Gasteiger charge is 2.41. The van der Waals surface area contributed by atoms with Gasteiger partial charge in [-0.2, -0.15) is 5.10 Å². The molecule has 4 aromatic rings. The summed E-state index contributed by atoms with van der Waals surface area (Å²) < 4.78 is 27.8. The number of carboxylic acid groups (broad SMARTS) is 1. The summed E-state index contributed by atoms with van der Waals surface area (Å²) in [5.74, 6) is -0.886. The standard InChI is InChI=1S/C27H28FN3O4/c1-27(26(32)33)9-6-17(15-35-27)24-21-13-22-18(14-29-30-22)12-23(21)31(20-4-2-19(28)3-5-20)25(24)16-7-10-34-11-8-16/h2-5,12-14,16-17H,6-11,15H2,1H3,(H,29,30)(H,32,33)/t17-,27+/m1/s1. The van der Waals surface area contributed by atoms with Gasteiger partial charge in [-0.15, -0.1) is 0 Å². The average molecular weight is 478 g/mol. The van der Waals surface area contributed by atoms with Crippen molar-refractivity contribution >= 4 is 27.8 Å². The van der Waals surface area contributed by atoms with E-state index in [9.17, 15) is 14.3 Å². The number of nitrogens with one attached hydrogen (secondary N) is 1. The van der Waals surface area contributed by atoms with Gasteiger partial charge in [0, 0.05) is 47.2 Å². The summed E-state index contributed by atoms with van der Waals surface area (Å²) in [7, 11) is 0. The summed E-state index contributed by atoms with van der Waals surface area (Å²) in [5, 5.41) is 19.1. The zero-order valence-corrected chi connectivity index (χ0v) is 19.6. The van der Waals surface area contributed by atoms with Crippen molar-refractivity contribution in [1.29, 1.82) is 0 Å². The van der Waals surface area contributed by atoms with Crippen molar-refractivity contribution < 1.29 is 23.8 Å². The van der Waals surface area contributed by atoms with E-state index < -0.39 is 11.6 Å². The Morgan fingerprint density at radius 1 is 1.17 bits per heavy atom. The van der Waals surface area contributed by atoms with Crippen LogP contribution in [0.15, 0.2) is 42.6 Å². The lowest BCUT2D eigenvalue weighted by Gasteiger charge is -2.35. The summed E-state index contributed by atoms with van der Waals surface area (Å²) in [4.78, 5) is 11.8. The molecule has 0 saturated carbocycles. The number of aliphatic carboxylic acids is 1. The molecule has 182 valence electrons. The second-order valence-corrected chi connectivity index (χ2v) is 9.91. The molecule has 8 heteroatoms. The Morgan fingerprint density at radius 2 is 1.94 bits per heavy atom. The number of fused-ring (bicyclic) bond motifs is 2. The van der Waals surface area contributed by atoms with Crippen LogP contribution < -0.4 is 0 Å². The number of benzene rings is 2. The molecule has 2 aliphatic rings. The van der Waals surface area contributed by atoms with Gasteiger partial charge < -0.3 is 19.1 Å². The van der Waals surface area contributed by atoms with E-state index in [1.807, 2.05) is 18.3 Å². The van der Waals surface area contributed by atoms with Crippen LogP contribution in [-0.4, -0.2) is 51.3 Å². The Hall–Kier alpha value is -3.23. The second-order valence-electron chi connectivity index (χ2n) is 9.91. The van der Waals surface area contributed by atoms with Crippen LogP contribution in [0.5, 0.6) is 0 Å². The van der Waals surface area contributed by atoms with Crippen molar-refractivity contribution in [2.24, 2.45) is 0 Å². The molecular weight excluding hydrogens is 449 g/mol. The third-order valence-corrected chi connectivity index (χ3v) is 7.73. The van der Waals surface area contributed by atoms with Gasteiger partial charge in [-0.1, -0.05) is 0 Å². The molecule has 2 aromatic heterocycles. The topological polar surface area (TPSA) is 89.4 Å². The van der Waals surface area contributed by atoms with E-state index >= 15 is 0 Å². The Kier molecular flexibility index (Phi) is 5.38. The van der Waals surface area contributed by atoms with E-state index in [1.54, 1.807) is 6.92 Å². The minimum atomic E-state index is -1.17. The third kappa shape index (κ3) is 3.72. The van der Waals surface area contributed by atoms with Gasteiger partial charge in [0.15, 0.2) is 5.60 Å². The lowest BCUT2D eigenvalue weighted by molar-refractivity contribution is -0.170. The van der Waals surface area contributed by atoms with Crippen LogP contribution in [0.1, 0.15) is 55.7 Å². The van der Waals surface area contributed by atoms with E-state index in [1.165, 1.54) is 23.4 Å². The fraction of sp³-hybridized carbons (Fsp3) is 0.407. The first-order chi connectivity index (χ1) is 16.9. The molecule has 0 unspecified atom stereocenters. The fourth-order valence-corrected chi connectivity index (χ4v) is 5.73. The first-order valence-electron chi connectivity index (χ1n) is 12.2. The number of ether oxygens (including phenoxy) is 2. The molecule has 2 saturated heterocycles. The summed E-state index contributed by atoms with van der Waals surface area (Å²) in [6.45, 7) is 3.37. The van der Waals surface area contributed by atoms with Gasteiger partial charge in [0.2, 0.25) is 0 Å². The summed E-state index contributed by atoms with van der Waals surface area (Å²) in [6, 6.07) is 10.9. The van der Waals surface area contributed by atoms with Gasteiger partial charge in [0.25, 0.3) is 0 Å². The molecule has 6 rings (SSSR count). The fourth-order valence-electron chi connectivity index (χ4n) is 5.73. The van der Waals surface area contributed by atoms with Crippen molar-refractivity contribution in [3.63, 3.8) is 0 Å². The quantitative estimate of drug-likeness (QED) is 0.418. The molecule has 2 fully saturated rings. The van der Waals surface area contributed by atoms with E-state index in [2.05, 4.69) is 26.9 Å². The SMILES string of the molecule is C[C@@]1(C(=O)O)CC[C@@H](c2c(C3CCOCC3)n(-c3ccc(F)cc3)c3cc4cn[nH]c4cc23)CO1. The summed E-state index contributed by atoms with van der Waals surface area (Å²) in [6.07, 6.45) is 4.75. The van der Waals surface area contributed by atoms with E-state index in [4.69, 9.17) is 9.47 Å². The minimum Gasteiger partial charge on any atom is -0.479 e. The van der Waals surface area contributed by atoms with Gasteiger partial charge in [0.1, 0.15) is 5.82 Å². The number of halogens is 1. The molecule has 2 N–H and O–H groups in total.